The zero-order valence-electron chi connectivity index (χ0n) is 15.5. The highest BCUT2D eigenvalue weighted by Gasteiger charge is 2.41. The molecule has 1 aromatic rings. The Balaban J connectivity index is 1.54. The summed E-state index contributed by atoms with van der Waals surface area (Å²) in [5, 5.41) is 11.0. The highest BCUT2D eigenvalue weighted by Crippen LogP contribution is 2.40. The van der Waals surface area contributed by atoms with E-state index in [1.807, 2.05) is 0 Å². The lowest BCUT2D eigenvalue weighted by molar-refractivity contribution is -0.264. The van der Waals surface area contributed by atoms with E-state index in [1.165, 1.54) is 11.0 Å². The van der Waals surface area contributed by atoms with Gasteiger partial charge in [-0.2, -0.15) is 13.2 Å². The molecular formula is C19H23F3N3O3-. The number of ether oxygens (including phenoxy) is 1. The van der Waals surface area contributed by atoms with Crippen LogP contribution in [0.3, 0.4) is 0 Å². The number of likely N-dealkylation sites (tertiary alicyclic amines) is 2. The first kappa shape index (κ1) is 19.3. The second-order valence-corrected chi connectivity index (χ2v) is 7.80. The highest BCUT2D eigenvalue weighted by molar-refractivity contribution is 5.63. The van der Waals surface area contributed by atoms with Crippen molar-refractivity contribution in [2.75, 3.05) is 57.4 Å². The summed E-state index contributed by atoms with van der Waals surface area (Å²) in [4.78, 5) is 16.3. The maximum absolute atomic E-state index is 13.7. The summed E-state index contributed by atoms with van der Waals surface area (Å²) < 4.78 is 46.3. The van der Waals surface area contributed by atoms with Crippen LogP contribution >= 0.6 is 0 Å². The number of anilines is 1. The van der Waals surface area contributed by atoms with Crippen molar-refractivity contribution in [3.05, 3.63) is 29.3 Å². The number of benzene rings is 1. The molecule has 2 unspecified atom stereocenters. The van der Waals surface area contributed by atoms with E-state index in [0.29, 0.717) is 64.6 Å². The molecule has 3 fully saturated rings. The third kappa shape index (κ3) is 3.77. The van der Waals surface area contributed by atoms with Crippen LogP contribution in [0.4, 0.5) is 23.7 Å². The van der Waals surface area contributed by atoms with E-state index in [2.05, 4.69) is 4.90 Å². The summed E-state index contributed by atoms with van der Waals surface area (Å²) in [6.07, 6.45) is -5.56. The van der Waals surface area contributed by atoms with Crippen molar-refractivity contribution in [1.29, 1.82) is 0 Å². The molecule has 0 N–H and O–H groups in total. The number of rotatable bonds is 3. The van der Waals surface area contributed by atoms with Crippen molar-refractivity contribution in [2.24, 2.45) is 11.8 Å². The van der Waals surface area contributed by atoms with Crippen LogP contribution in [0.2, 0.25) is 0 Å². The van der Waals surface area contributed by atoms with Crippen LogP contribution in [0.15, 0.2) is 18.2 Å². The zero-order valence-corrected chi connectivity index (χ0v) is 15.5. The van der Waals surface area contributed by atoms with Crippen molar-refractivity contribution < 1.29 is 27.8 Å². The normalized spacial score (nSPS) is 26.0. The molecule has 0 saturated carbocycles. The molecule has 28 heavy (non-hydrogen) atoms. The fourth-order valence-corrected chi connectivity index (χ4v) is 4.72. The van der Waals surface area contributed by atoms with Gasteiger partial charge in [-0.1, -0.05) is 12.1 Å². The lowest BCUT2D eigenvalue weighted by atomic mass is 10.0. The number of fused-ring (bicyclic) bond motifs is 1. The van der Waals surface area contributed by atoms with Gasteiger partial charge in [0.15, 0.2) is 0 Å². The summed E-state index contributed by atoms with van der Waals surface area (Å²) in [6.45, 7) is 4.40. The Hall–Kier alpha value is -2.00. The number of para-hydroxylation sites is 1. The number of halogens is 3. The van der Waals surface area contributed by atoms with Gasteiger partial charge >= 0.3 is 6.18 Å². The molecule has 0 radical (unpaired) electrons. The average molecular weight is 398 g/mol. The van der Waals surface area contributed by atoms with Gasteiger partial charge in [0.05, 0.1) is 24.5 Å². The first-order valence-electron chi connectivity index (χ1n) is 9.53. The van der Waals surface area contributed by atoms with Crippen molar-refractivity contribution in [3.63, 3.8) is 0 Å². The second-order valence-electron chi connectivity index (χ2n) is 7.80. The summed E-state index contributed by atoms with van der Waals surface area (Å²) in [6, 6.07) is 4.38. The maximum atomic E-state index is 13.7. The van der Waals surface area contributed by atoms with E-state index in [4.69, 9.17) is 4.74 Å². The van der Waals surface area contributed by atoms with Crippen LogP contribution < -0.4 is 10.0 Å². The minimum Gasteiger partial charge on any atom is -0.530 e. The molecule has 4 rings (SSSR count). The first-order chi connectivity index (χ1) is 13.3. The fourth-order valence-electron chi connectivity index (χ4n) is 4.72. The predicted octanol–water partition coefficient (Wildman–Crippen LogP) is 1.25. The number of nitrogens with zero attached hydrogens (tertiary/aromatic N) is 3. The van der Waals surface area contributed by atoms with Gasteiger partial charge in [-0.25, -0.2) is 0 Å². The Kier molecular flexibility index (Phi) is 5.13. The molecule has 6 nitrogen and oxygen atoms in total. The largest absolute Gasteiger partial charge is 0.530 e. The third-order valence-corrected chi connectivity index (χ3v) is 5.97. The summed E-state index contributed by atoms with van der Waals surface area (Å²) in [5.74, 6) is 0.436. The molecule has 3 aliphatic heterocycles. The number of carbonyl (C=O) groups excluding carboxylic acids is 1. The van der Waals surface area contributed by atoms with Crippen molar-refractivity contribution in [2.45, 2.75) is 12.7 Å². The minimum atomic E-state index is -4.42. The number of hydrogen-bond donors (Lipinski definition) is 0. The fraction of sp³-hybridized carbons (Fsp3) is 0.632. The summed E-state index contributed by atoms with van der Waals surface area (Å²) in [7, 11) is 0. The smallest absolute Gasteiger partial charge is 0.418 e. The second kappa shape index (κ2) is 7.44. The van der Waals surface area contributed by atoms with E-state index in [9.17, 15) is 23.1 Å². The molecule has 0 aromatic heterocycles. The first-order valence-corrected chi connectivity index (χ1v) is 9.53. The molecule has 9 heteroatoms. The number of hydrogen-bond acceptors (Lipinski definition) is 5. The maximum Gasteiger partial charge on any atom is 0.418 e. The molecular weight excluding hydrogens is 375 g/mol. The Labute approximate surface area is 161 Å². The van der Waals surface area contributed by atoms with Crippen molar-refractivity contribution in [3.8, 4) is 0 Å². The Morgan fingerprint density at radius 2 is 1.75 bits per heavy atom. The number of alkyl halides is 3. The number of carboxylic acid groups (broad SMARTS) is 1. The molecule has 1 aromatic carbocycles. The highest BCUT2D eigenvalue weighted by atomic mass is 19.4. The zero-order chi connectivity index (χ0) is 19.9. The standard InChI is InChI=1S/C19H24F3N3O3/c20-19(21,22)16-3-1-2-13(17(16)24-4-6-28-7-5-24)8-23-9-14-11-25(18(26)27)12-15(14)10-23/h1-3,14-15H,4-12H2,(H,26,27)/p-1. The molecule has 3 aliphatic rings. The Morgan fingerprint density at radius 1 is 1.11 bits per heavy atom. The quantitative estimate of drug-likeness (QED) is 0.767. The van der Waals surface area contributed by atoms with Gasteiger partial charge in [0.2, 0.25) is 0 Å². The van der Waals surface area contributed by atoms with Crippen LogP contribution in [0.1, 0.15) is 11.1 Å². The molecule has 0 bridgehead atoms. The van der Waals surface area contributed by atoms with Gasteiger partial charge in [0.1, 0.15) is 6.09 Å². The molecule has 0 aliphatic carbocycles. The number of morpholine rings is 1. The van der Waals surface area contributed by atoms with Crippen molar-refractivity contribution in [1.82, 2.24) is 9.80 Å². The van der Waals surface area contributed by atoms with Gasteiger partial charge in [0, 0.05) is 45.8 Å². The van der Waals surface area contributed by atoms with Crippen LogP contribution in [0, 0.1) is 11.8 Å². The van der Waals surface area contributed by atoms with Crippen LogP contribution in [-0.2, 0) is 17.5 Å². The number of carbonyl (C=O) groups is 1. The van der Waals surface area contributed by atoms with Gasteiger partial charge in [-0.3, -0.25) is 4.90 Å². The van der Waals surface area contributed by atoms with Gasteiger partial charge in [-0.05, 0) is 23.5 Å². The molecule has 0 spiro atoms. The van der Waals surface area contributed by atoms with E-state index < -0.39 is 17.8 Å². The molecule has 1 amide bonds. The minimum absolute atomic E-state index is 0.218. The Morgan fingerprint density at radius 3 is 2.32 bits per heavy atom. The molecule has 3 heterocycles. The van der Waals surface area contributed by atoms with Crippen LogP contribution in [-0.4, -0.2) is 68.4 Å². The van der Waals surface area contributed by atoms with E-state index in [1.54, 1.807) is 11.0 Å². The predicted molar refractivity (Wildman–Crippen MR) is 93.7 cm³/mol. The lowest BCUT2D eigenvalue weighted by Gasteiger charge is -2.34. The molecule has 2 atom stereocenters. The van der Waals surface area contributed by atoms with Crippen LogP contribution in [0.5, 0.6) is 0 Å². The van der Waals surface area contributed by atoms with E-state index in [-0.39, 0.29) is 17.5 Å². The summed E-state index contributed by atoms with van der Waals surface area (Å²) in [5.41, 5.74) is 0.314. The van der Waals surface area contributed by atoms with Gasteiger partial charge in [-0.15, -0.1) is 0 Å². The van der Waals surface area contributed by atoms with Gasteiger partial charge in [0.25, 0.3) is 0 Å². The lowest BCUT2D eigenvalue weighted by Crippen LogP contribution is -2.41. The number of amides is 1. The molecule has 3 saturated heterocycles. The summed E-state index contributed by atoms with van der Waals surface area (Å²) >= 11 is 0. The van der Waals surface area contributed by atoms with Crippen LogP contribution in [0.25, 0.3) is 0 Å². The van der Waals surface area contributed by atoms with Gasteiger partial charge < -0.3 is 24.4 Å². The topological polar surface area (TPSA) is 59.1 Å². The van der Waals surface area contributed by atoms with E-state index >= 15 is 0 Å². The van der Waals surface area contributed by atoms with Crippen molar-refractivity contribution >= 4 is 11.8 Å². The molecule has 154 valence electrons. The Bertz CT molecular complexity index is 723. The average Bonchev–Trinajstić information content (AvgIpc) is 3.20. The third-order valence-electron chi connectivity index (χ3n) is 5.97. The van der Waals surface area contributed by atoms with E-state index in [0.717, 1.165) is 6.07 Å². The monoisotopic (exact) mass is 398 g/mol. The SMILES string of the molecule is O=C([O-])N1CC2CN(Cc3cccc(C(F)(F)F)c3N3CCOCC3)CC2C1.